The Morgan fingerprint density at radius 1 is 0.969 bits per heavy atom. The van der Waals surface area contributed by atoms with Crippen molar-refractivity contribution < 1.29 is 27.2 Å². The molecule has 0 bridgehead atoms. The van der Waals surface area contributed by atoms with E-state index in [1.54, 1.807) is 6.07 Å². The van der Waals surface area contributed by atoms with Crippen molar-refractivity contribution in [1.82, 2.24) is 5.32 Å². The number of benzene rings is 2. The molecule has 178 valence electrons. The van der Waals surface area contributed by atoms with Gasteiger partial charge in [0.1, 0.15) is 0 Å². The molecule has 0 fully saturated rings. The van der Waals surface area contributed by atoms with Gasteiger partial charge in [-0.1, -0.05) is 42.3 Å². The van der Waals surface area contributed by atoms with E-state index in [0.29, 0.717) is 25.1 Å². The monoisotopic (exact) mass is 472 g/mol. The number of hydrogen-bond acceptors (Lipinski definition) is 4. The van der Waals surface area contributed by atoms with Crippen molar-refractivity contribution in [2.45, 2.75) is 51.7 Å². The van der Waals surface area contributed by atoms with Crippen LogP contribution in [-0.2, 0) is 28.2 Å². The van der Waals surface area contributed by atoms with Crippen LogP contribution >= 0.6 is 8.25 Å². The Morgan fingerprint density at radius 3 is 2.38 bits per heavy atom. The summed E-state index contributed by atoms with van der Waals surface area (Å²) in [4.78, 5) is 8.57. The average molecular weight is 472 g/mol. The van der Waals surface area contributed by atoms with Crippen LogP contribution in [0.5, 0.6) is 0 Å². The largest absolute Gasteiger partial charge is 0.418 e. The lowest BCUT2D eigenvalue weighted by Crippen LogP contribution is -2.17. The minimum absolute atomic E-state index is 0.0984. The highest BCUT2D eigenvalue weighted by atomic mass is 31.1. The van der Waals surface area contributed by atoms with Gasteiger partial charge in [-0.2, -0.15) is 13.2 Å². The summed E-state index contributed by atoms with van der Waals surface area (Å²) in [5.41, 5.74) is 2.47. The van der Waals surface area contributed by atoms with Crippen LogP contribution < -0.4 is 10.6 Å². The summed E-state index contributed by atoms with van der Waals surface area (Å²) in [7, 11) is -2.94. The van der Waals surface area contributed by atoms with Crippen LogP contribution in [0.3, 0.4) is 0 Å². The molecule has 3 N–H and O–H groups in total. The van der Waals surface area contributed by atoms with Crippen molar-refractivity contribution in [1.29, 1.82) is 0 Å². The number of aryl methyl sites for hydroxylation is 2. The van der Waals surface area contributed by atoms with Crippen molar-refractivity contribution in [2.24, 2.45) is 0 Å². The Morgan fingerprint density at radius 2 is 1.69 bits per heavy atom. The Balaban J connectivity index is 1.76. The summed E-state index contributed by atoms with van der Waals surface area (Å²) in [6, 6.07) is 12.7. The van der Waals surface area contributed by atoms with Gasteiger partial charge in [-0.25, -0.2) is 0 Å². The molecule has 0 spiro atoms. The Bertz CT molecular complexity index is 845. The molecule has 2 aromatic rings. The van der Waals surface area contributed by atoms with Crippen LogP contribution in [0.4, 0.5) is 18.9 Å². The third kappa shape index (κ3) is 10.2. The standard InChI is InChI=1S/C23H32F3N2O3P/c1-18-7-9-19(10-8-18)6-3-2-4-14-28-22-12-11-20(16-21(22)23(24,25)26)17-27-13-5-15-31-32(29)30/h7-12,16,27-28,32H,2-6,13-15,17H2,1H3,(H,29,30). The summed E-state index contributed by atoms with van der Waals surface area (Å²) in [5.74, 6) is 0. The summed E-state index contributed by atoms with van der Waals surface area (Å²) in [6.07, 6.45) is -0.228. The molecule has 0 aliphatic carbocycles. The fourth-order valence-corrected chi connectivity index (χ4v) is 3.61. The van der Waals surface area contributed by atoms with E-state index < -0.39 is 20.0 Å². The molecule has 0 saturated heterocycles. The van der Waals surface area contributed by atoms with Gasteiger partial charge in [-0.3, -0.25) is 4.57 Å². The number of hydrogen-bond donors (Lipinski definition) is 3. The molecule has 5 nitrogen and oxygen atoms in total. The lowest BCUT2D eigenvalue weighted by Gasteiger charge is -2.16. The number of anilines is 1. The lowest BCUT2D eigenvalue weighted by atomic mass is 10.1. The maximum absolute atomic E-state index is 13.5. The van der Waals surface area contributed by atoms with Crippen LogP contribution in [0.25, 0.3) is 0 Å². The molecule has 0 aromatic heterocycles. The molecule has 32 heavy (non-hydrogen) atoms. The second-order valence-corrected chi connectivity index (χ2v) is 8.57. The number of nitrogens with one attached hydrogen (secondary N) is 2. The SMILES string of the molecule is Cc1ccc(CCCCCNc2ccc(CNCCCO[PH](=O)O)cc2C(F)(F)F)cc1. The fraction of sp³-hybridized carbons (Fsp3) is 0.478. The Labute approximate surface area is 188 Å². The van der Waals surface area contributed by atoms with Crippen LogP contribution in [-0.4, -0.2) is 24.6 Å². The van der Waals surface area contributed by atoms with Crippen molar-refractivity contribution >= 4 is 13.9 Å². The topological polar surface area (TPSA) is 70.6 Å². The lowest BCUT2D eigenvalue weighted by molar-refractivity contribution is -0.137. The summed E-state index contributed by atoms with van der Waals surface area (Å²) in [5, 5.41) is 5.96. The predicted molar refractivity (Wildman–Crippen MR) is 122 cm³/mol. The van der Waals surface area contributed by atoms with E-state index in [1.165, 1.54) is 17.2 Å². The van der Waals surface area contributed by atoms with Gasteiger partial charge in [0.25, 0.3) is 0 Å². The highest BCUT2D eigenvalue weighted by Gasteiger charge is 2.33. The van der Waals surface area contributed by atoms with Crippen molar-refractivity contribution in [2.75, 3.05) is 25.0 Å². The smallest absolute Gasteiger partial charge is 0.385 e. The van der Waals surface area contributed by atoms with E-state index in [2.05, 4.69) is 46.3 Å². The second-order valence-electron chi connectivity index (χ2n) is 7.75. The van der Waals surface area contributed by atoms with Gasteiger partial charge in [-0.05, 0) is 62.4 Å². The van der Waals surface area contributed by atoms with Crippen molar-refractivity contribution in [3.8, 4) is 0 Å². The van der Waals surface area contributed by atoms with Gasteiger partial charge in [0, 0.05) is 18.8 Å². The van der Waals surface area contributed by atoms with Crippen molar-refractivity contribution in [3.05, 3.63) is 64.7 Å². The van der Waals surface area contributed by atoms with Crippen LogP contribution in [0.2, 0.25) is 0 Å². The third-order valence-corrected chi connectivity index (χ3v) is 5.47. The normalized spacial score (nSPS) is 12.7. The van der Waals surface area contributed by atoms with E-state index in [-0.39, 0.29) is 18.8 Å². The van der Waals surface area contributed by atoms with E-state index in [1.807, 2.05) is 0 Å². The minimum Gasteiger partial charge on any atom is -0.385 e. The first-order valence-electron chi connectivity index (χ1n) is 10.8. The third-order valence-electron chi connectivity index (χ3n) is 5.02. The molecule has 0 radical (unpaired) electrons. The molecule has 0 aliphatic heterocycles. The van der Waals surface area contributed by atoms with Crippen LogP contribution in [0, 0.1) is 6.92 Å². The van der Waals surface area contributed by atoms with Gasteiger partial charge in [-0.15, -0.1) is 0 Å². The Hall–Kier alpha value is -1.86. The quantitative estimate of drug-likeness (QED) is 0.242. The molecule has 0 heterocycles. The maximum atomic E-state index is 13.5. The minimum atomic E-state index is -4.44. The van der Waals surface area contributed by atoms with Gasteiger partial charge >= 0.3 is 14.4 Å². The molecule has 0 amide bonds. The number of unbranched alkanes of at least 4 members (excludes halogenated alkanes) is 2. The molecule has 9 heteroatoms. The number of rotatable bonds is 14. The summed E-state index contributed by atoms with van der Waals surface area (Å²) in [6.45, 7) is 3.41. The molecule has 0 aliphatic rings. The van der Waals surface area contributed by atoms with E-state index in [9.17, 15) is 17.7 Å². The highest BCUT2D eigenvalue weighted by Crippen LogP contribution is 2.35. The summed E-state index contributed by atoms with van der Waals surface area (Å²) >= 11 is 0. The molecule has 2 rings (SSSR count). The maximum Gasteiger partial charge on any atom is 0.418 e. The van der Waals surface area contributed by atoms with Crippen molar-refractivity contribution in [3.63, 3.8) is 0 Å². The first-order valence-corrected chi connectivity index (χ1v) is 12.1. The van der Waals surface area contributed by atoms with E-state index in [0.717, 1.165) is 31.7 Å². The Kier molecular flexibility index (Phi) is 11.2. The van der Waals surface area contributed by atoms with Crippen LogP contribution in [0.15, 0.2) is 42.5 Å². The highest BCUT2D eigenvalue weighted by molar-refractivity contribution is 7.32. The first-order chi connectivity index (χ1) is 15.3. The zero-order valence-electron chi connectivity index (χ0n) is 18.3. The molecular weight excluding hydrogens is 440 g/mol. The second kappa shape index (κ2) is 13.6. The van der Waals surface area contributed by atoms with Gasteiger partial charge < -0.3 is 20.1 Å². The van der Waals surface area contributed by atoms with Gasteiger partial charge in [0.15, 0.2) is 0 Å². The summed E-state index contributed by atoms with van der Waals surface area (Å²) < 4.78 is 55.5. The zero-order valence-corrected chi connectivity index (χ0v) is 19.3. The molecule has 0 saturated carbocycles. The van der Waals surface area contributed by atoms with Gasteiger partial charge in [0.2, 0.25) is 0 Å². The molecule has 2 aromatic carbocycles. The fourth-order valence-electron chi connectivity index (χ4n) is 3.29. The van der Waals surface area contributed by atoms with Gasteiger partial charge in [0.05, 0.1) is 12.2 Å². The number of alkyl halides is 3. The molecule has 1 unspecified atom stereocenters. The van der Waals surface area contributed by atoms with E-state index >= 15 is 0 Å². The molecule has 1 atom stereocenters. The average Bonchev–Trinajstić information content (AvgIpc) is 2.74. The molecular formula is C23H32F3N2O3P. The van der Waals surface area contributed by atoms with Crippen LogP contribution in [0.1, 0.15) is 47.9 Å². The first kappa shape index (κ1) is 26.4. The zero-order chi connectivity index (χ0) is 23.4. The predicted octanol–water partition coefficient (Wildman–Crippen LogP) is 5.72. The van der Waals surface area contributed by atoms with E-state index in [4.69, 9.17) is 4.89 Å². The number of halogens is 3.